The van der Waals surface area contributed by atoms with E-state index in [1.54, 1.807) is 17.4 Å². The number of hydrogen-bond acceptors (Lipinski definition) is 3. The van der Waals surface area contributed by atoms with Gasteiger partial charge in [-0.15, -0.1) is 11.3 Å². The number of halogens is 1. The van der Waals surface area contributed by atoms with Crippen LogP contribution in [0.5, 0.6) is 0 Å². The van der Waals surface area contributed by atoms with Crippen LogP contribution in [0.3, 0.4) is 0 Å². The topological polar surface area (TPSA) is 29.6 Å². The van der Waals surface area contributed by atoms with Gasteiger partial charge in [-0.3, -0.25) is 4.99 Å². The Balaban J connectivity index is 2.14. The second kappa shape index (κ2) is 7.36. The van der Waals surface area contributed by atoms with Gasteiger partial charge in [0.2, 0.25) is 4.80 Å². The van der Waals surface area contributed by atoms with Gasteiger partial charge in [0.05, 0.1) is 11.4 Å². The highest BCUT2D eigenvalue weighted by molar-refractivity contribution is 7.07. The second-order valence-electron chi connectivity index (χ2n) is 5.25. The molecule has 0 spiro atoms. The van der Waals surface area contributed by atoms with E-state index in [4.69, 9.17) is 5.10 Å². The van der Waals surface area contributed by atoms with Crippen LogP contribution >= 0.6 is 11.3 Å². The molecule has 0 fully saturated rings. The lowest BCUT2D eigenvalue weighted by Crippen LogP contribution is -2.14. The number of nitrogens with zero attached hydrogens (tertiary/aromatic N) is 3. The monoisotopic (exact) mass is 339 g/mol. The van der Waals surface area contributed by atoms with E-state index in [9.17, 15) is 4.39 Å². The van der Waals surface area contributed by atoms with Crippen molar-refractivity contribution in [3.8, 4) is 11.3 Å². The SMILES string of the molecule is CCN=c1scc(-c2ccccc2)n1N=C(C)c1cccc(F)c1. The molecule has 0 aliphatic rings. The first kappa shape index (κ1) is 16.3. The van der Waals surface area contributed by atoms with Crippen molar-refractivity contribution in [1.82, 2.24) is 4.68 Å². The smallest absolute Gasteiger partial charge is 0.206 e. The van der Waals surface area contributed by atoms with Crippen molar-refractivity contribution in [2.75, 3.05) is 6.54 Å². The molecule has 3 nitrogen and oxygen atoms in total. The lowest BCUT2D eigenvalue weighted by atomic mass is 10.1. The van der Waals surface area contributed by atoms with E-state index in [0.29, 0.717) is 6.54 Å². The Kier molecular flexibility index (Phi) is 5.01. The summed E-state index contributed by atoms with van der Waals surface area (Å²) in [5.41, 5.74) is 3.54. The summed E-state index contributed by atoms with van der Waals surface area (Å²) in [7, 11) is 0. The van der Waals surface area contributed by atoms with E-state index in [1.165, 1.54) is 12.1 Å². The quantitative estimate of drug-likeness (QED) is 0.624. The highest BCUT2D eigenvalue weighted by Crippen LogP contribution is 2.20. The van der Waals surface area contributed by atoms with Crippen LogP contribution in [-0.4, -0.2) is 16.9 Å². The van der Waals surface area contributed by atoms with Crippen molar-refractivity contribution in [3.05, 3.63) is 76.2 Å². The molecule has 0 saturated heterocycles. The van der Waals surface area contributed by atoms with Crippen molar-refractivity contribution < 1.29 is 4.39 Å². The summed E-state index contributed by atoms with van der Waals surface area (Å²) in [4.78, 5) is 5.34. The molecule has 0 radical (unpaired) electrons. The van der Waals surface area contributed by atoms with Crippen LogP contribution in [0.1, 0.15) is 19.4 Å². The standard InChI is InChI=1S/C19H18FN3S/c1-3-21-19-23(18(13-24-19)15-8-5-4-6-9-15)22-14(2)16-10-7-11-17(20)12-16/h4-13H,3H2,1-2H3. The van der Waals surface area contributed by atoms with E-state index in [1.807, 2.05) is 60.3 Å². The largest absolute Gasteiger partial charge is 0.258 e. The molecule has 122 valence electrons. The number of aromatic nitrogens is 1. The first-order valence-corrected chi connectivity index (χ1v) is 8.65. The molecule has 1 heterocycles. The lowest BCUT2D eigenvalue weighted by Gasteiger charge is -2.06. The van der Waals surface area contributed by atoms with Crippen molar-refractivity contribution in [1.29, 1.82) is 0 Å². The Morgan fingerprint density at radius 3 is 2.62 bits per heavy atom. The van der Waals surface area contributed by atoms with Crippen LogP contribution < -0.4 is 4.80 Å². The van der Waals surface area contributed by atoms with Gasteiger partial charge in [-0.05, 0) is 26.0 Å². The molecule has 24 heavy (non-hydrogen) atoms. The van der Waals surface area contributed by atoms with Gasteiger partial charge in [-0.25, -0.2) is 9.07 Å². The zero-order chi connectivity index (χ0) is 16.9. The Hall–Kier alpha value is -2.53. The third-order valence-electron chi connectivity index (χ3n) is 3.54. The molecule has 0 aliphatic heterocycles. The zero-order valence-electron chi connectivity index (χ0n) is 13.6. The van der Waals surface area contributed by atoms with Gasteiger partial charge in [-0.2, -0.15) is 5.10 Å². The van der Waals surface area contributed by atoms with E-state index in [0.717, 1.165) is 27.3 Å². The molecule has 0 amide bonds. The Bertz CT molecular complexity index is 923. The minimum Gasteiger partial charge on any atom is -0.258 e. The molecular formula is C19H18FN3S. The normalized spacial score (nSPS) is 12.6. The third kappa shape index (κ3) is 3.51. The van der Waals surface area contributed by atoms with E-state index < -0.39 is 0 Å². The maximum absolute atomic E-state index is 13.5. The van der Waals surface area contributed by atoms with Gasteiger partial charge >= 0.3 is 0 Å². The van der Waals surface area contributed by atoms with Crippen molar-refractivity contribution >= 4 is 17.0 Å². The summed E-state index contributed by atoms with van der Waals surface area (Å²) >= 11 is 1.55. The maximum atomic E-state index is 13.5. The van der Waals surface area contributed by atoms with Gasteiger partial charge in [0, 0.05) is 23.1 Å². The first-order valence-electron chi connectivity index (χ1n) is 7.77. The molecule has 0 N–H and O–H groups in total. The number of rotatable bonds is 4. The summed E-state index contributed by atoms with van der Waals surface area (Å²) in [6.45, 7) is 4.56. The summed E-state index contributed by atoms with van der Waals surface area (Å²) in [5, 5.41) is 6.76. The fourth-order valence-corrected chi connectivity index (χ4v) is 3.26. The van der Waals surface area contributed by atoms with E-state index >= 15 is 0 Å². The second-order valence-corrected chi connectivity index (χ2v) is 6.09. The maximum Gasteiger partial charge on any atom is 0.206 e. The van der Waals surface area contributed by atoms with Gasteiger partial charge in [-0.1, -0.05) is 42.5 Å². The molecule has 0 bridgehead atoms. The molecule has 0 atom stereocenters. The predicted molar refractivity (Wildman–Crippen MR) is 97.9 cm³/mol. The van der Waals surface area contributed by atoms with Crippen molar-refractivity contribution in [3.63, 3.8) is 0 Å². The Labute approximate surface area is 144 Å². The van der Waals surface area contributed by atoms with E-state index in [-0.39, 0.29) is 5.82 Å². The highest BCUT2D eigenvalue weighted by Gasteiger charge is 2.08. The average Bonchev–Trinajstić information content (AvgIpc) is 2.98. The van der Waals surface area contributed by atoms with Crippen LogP contribution in [-0.2, 0) is 0 Å². The molecule has 3 rings (SSSR count). The molecule has 3 aromatic rings. The number of benzene rings is 2. The first-order chi connectivity index (χ1) is 11.7. The zero-order valence-corrected chi connectivity index (χ0v) is 14.4. The molecular weight excluding hydrogens is 321 g/mol. The van der Waals surface area contributed by atoms with Crippen molar-refractivity contribution in [2.45, 2.75) is 13.8 Å². The van der Waals surface area contributed by atoms with Crippen LogP contribution in [0.2, 0.25) is 0 Å². The lowest BCUT2D eigenvalue weighted by molar-refractivity contribution is 0.627. The molecule has 1 aromatic heterocycles. The number of hydrogen-bond donors (Lipinski definition) is 0. The third-order valence-corrected chi connectivity index (χ3v) is 4.39. The van der Waals surface area contributed by atoms with E-state index in [2.05, 4.69) is 4.99 Å². The van der Waals surface area contributed by atoms with Gasteiger partial charge in [0.1, 0.15) is 5.82 Å². The highest BCUT2D eigenvalue weighted by atomic mass is 32.1. The molecule has 0 saturated carbocycles. The fourth-order valence-electron chi connectivity index (χ4n) is 2.37. The Morgan fingerprint density at radius 1 is 1.12 bits per heavy atom. The molecule has 5 heteroatoms. The van der Waals surface area contributed by atoms with Gasteiger partial charge in [0.25, 0.3) is 0 Å². The summed E-state index contributed by atoms with van der Waals surface area (Å²) < 4.78 is 15.3. The summed E-state index contributed by atoms with van der Waals surface area (Å²) in [6.07, 6.45) is 0. The average molecular weight is 339 g/mol. The molecule has 2 aromatic carbocycles. The predicted octanol–water partition coefficient (Wildman–Crippen LogP) is 4.55. The summed E-state index contributed by atoms with van der Waals surface area (Å²) in [6, 6.07) is 16.5. The Morgan fingerprint density at radius 2 is 1.92 bits per heavy atom. The minimum atomic E-state index is -0.265. The minimum absolute atomic E-state index is 0.265. The van der Waals surface area contributed by atoms with Crippen LogP contribution in [0.25, 0.3) is 11.3 Å². The fraction of sp³-hybridized carbons (Fsp3) is 0.158. The van der Waals surface area contributed by atoms with Crippen LogP contribution in [0.15, 0.2) is 70.1 Å². The van der Waals surface area contributed by atoms with Crippen molar-refractivity contribution in [2.24, 2.45) is 10.1 Å². The summed E-state index contributed by atoms with van der Waals surface area (Å²) in [5.74, 6) is -0.265. The van der Waals surface area contributed by atoms with Gasteiger partial charge in [0.15, 0.2) is 0 Å². The van der Waals surface area contributed by atoms with Crippen LogP contribution in [0.4, 0.5) is 4.39 Å². The number of thiazole rings is 1. The van der Waals surface area contributed by atoms with Gasteiger partial charge < -0.3 is 0 Å². The van der Waals surface area contributed by atoms with Crippen LogP contribution in [0, 0.1) is 5.82 Å². The molecule has 0 unspecified atom stereocenters. The molecule has 0 aliphatic carbocycles.